The Morgan fingerprint density at radius 2 is 1.67 bits per heavy atom. The van der Waals surface area contributed by atoms with Crippen LogP contribution in [0.4, 0.5) is 0 Å². The average molecular weight is 209 g/mol. The van der Waals surface area contributed by atoms with Crippen LogP contribution in [-0.2, 0) is 17.9 Å². The number of carbonyl (C=O) groups is 1. The molecule has 0 saturated carbocycles. The van der Waals surface area contributed by atoms with Crippen molar-refractivity contribution >= 4 is 5.97 Å². The van der Waals surface area contributed by atoms with Crippen molar-refractivity contribution in [3.05, 3.63) is 23.3 Å². The first-order valence-electron chi connectivity index (χ1n) is 4.54. The van der Waals surface area contributed by atoms with Gasteiger partial charge in [-0.2, -0.15) is 0 Å². The molecule has 0 spiro atoms. The maximum absolute atomic E-state index is 10.5. The molecule has 5 heteroatoms. The third-order valence-corrected chi connectivity index (χ3v) is 2.44. The molecule has 0 aromatic heterocycles. The molecule has 5 nitrogen and oxygen atoms in total. The fourth-order valence-corrected chi connectivity index (χ4v) is 1.80. The number of benzene rings is 1. The molecule has 3 N–H and O–H groups in total. The lowest BCUT2D eigenvalue weighted by Gasteiger charge is -2.09. The van der Waals surface area contributed by atoms with Crippen molar-refractivity contribution in [2.75, 3.05) is 6.54 Å². The van der Waals surface area contributed by atoms with Crippen LogP contribution in [0.3, 0.4) is 0 Å². The number of carboxylic acids is 1. The predicted octanol–water partition coefficient (Wildman–Crippen LogP) is 0.498. The third-order valence-electron chi connectivity index (χ3n) is 2.44. The maximum Gasteiger partial charge on any atom is 0.317 e. The zero-order valence-electron chi connectivity index (χ0n) is 7.97. The molecule has 1 aromatic carbocycles. The van der Waals surface area contributed by atoms with E-state index in [0.717, 1.165) is 11.1 Å². The van der Waals surface area contributed by atoms with Gasteiger partial charge in [-0.3, -0.25) is 9.69 Å². The van der Waals surface area contributed by atoms with Crippen LogP contribution >= 0.6 is 0 Å². The van der Waals surface area contributed by atoms with Crippen LogP contribution in [-0.4, -0.2) is 32.7 Å². The van der Waals surface area contributed by atoms with E-state index >= 15 is 0 Å². The van der Waals surface area contributed by atoms with Gasteiger partial charge in [0, 0.05) is 13.1 Å². The molecule has 15 heavy (non-hydrogen) atoms. The monoisotopic (exact) mass is 209 g/mol. The van der Waals surface area contributed by atoms with Crippen LogP contribution in [0.1, 0.15) is 11.1 Å². The van der Waals surface area contributed by atoms with Crippen LogP contribution < -0.4 is 0 Å². The highest BCUT2D eigenvalue weighted by Crippen LogP contribution is 2.33. The van der Waals surface area contributed by atoms with Gasteiger partial charge in [0.05, 0.1) is 6.54 Å². The number of fused-ring (bicyclic) bond motifs is 1. The van der Waals surface area contributed by atoms with Gasteiger partial charge in [0.25, 0.3) is 0 Å². The summed E-state index contributed by atoms with van der Waals surface area (Å²) in [6.07, 6.45) is 0. The highest BCUT2D eigenvalue weighted by Gasteiger charge is 2.22. The van der Waals surface area contributed by atoms with Gasteiger partial charge in [0.2, 0.25) is 0 Å². The van der Waals surface area contributed by atoms with Gasteiger partial charge in [0.15, 0.2) is 11.5 Å². The van der Waals surface area contributed by atoms with E-state index < -0.39 is 5.97 Å². The summed E-state index contributed by atoms with van der Waals surface area (Å²) in [6.45, 7) is 0.959. The van der Waals surface area contributed by atoms with Crippen LogP contribution in [0.15, 0.2) is 12.1 Å². The molecular weight excluding hydrogens is 198 g/mol. The molecule has 0 aliphatic carbocycles. The van der Waals surface area contributed by atoms with E-state index in [4.69, 9.17) is 5.11 Å². The number of hydrogen-bond donors (Lipinski definition) is 3. The summed E-state index contributed by atoms with van der Waals surface area (Å²) in [5.41, 5.74) is 1.73. The minimum atomic E-state index is -0.878. The predicted molar refractivity (Wildman–Crippen MR) is 51.5 cm³/mol. The lowest BCUT2D eigenvalue weighted by atomic mass is 10.1. The summed E-state index contributed by atoms with van der Waals surface area (Å²) < 4.78 is 0. The largest absolute Gasteiger partial charge is 0.504 e. The number of nitrogens with zero attached hydrogens (tertiary/aromatic N) is 1. The second-order valence-corrected chi connectivity index (χ2v) is 3.65. The maximum atomic E-state index is 10.5. The molecule has 80 valence electrons. The van der Waals surface area contributed by atoms with Crippen molar-refractivity contribution in [1.82, 2.24) is 4.90 Å². The Labute approximate surface area is 86.2 Å². The highest BCUT2D eigenvalue weighted by molar-refractivity contribution is 5.69. The molecule has 0 unspecified atom stereocenters. The van der Waals surface area contributed by atoms with E-state index in [1.165, 1.54) is 12.1 Å². The van der Waals surface area contributed by atoms with E-state index in [9.17, 15) is 15.0 Å². The van der Waals surface area contributed by atoms with E-state index in [-0.39, 0.29) is 18.0 Å². The first-order valence-corrected chi connectivity index (χ1v) is 4.54. The Kier molecular flexibility index (Phi) is 2.24. The number of aliphatic carboxylic acids is 1. The lowest BCUT2D eigenvalue weighted by molar-refractivity contribution is -0.138. The molecule has 0 fully saturated rings. The van der Waals surface area contributed by atoms with E-state index in [0.29, 0.717) is 13.1 Å². The summed E-state index contributed by atoms with van der Waals surface area (Å²) in [4.78, 5) is 12.2. The van der Waals surface area contributed by atoms with Gasteiger partial charge in [-0.05, 0) is 23.3 Å². The van der Waals surface area contributed by atoms with Gasteiger partial charge >= 0.3 is 5.97 Å². The van der Waals surface area contributed by atoms with Crippen molar-refractivity contribution in [3.63, 3.8) is 0 Å². The SMILES string of the molecule is O=C(O)CN1Cc2cc(O)c(O)cc2C1. The van der Waals surface area contributed by atoms with Crippen LogP contribution in [0.5, 0.6) is 11.5 Å². The lowest BCUT2D eigenvalue weighted by Crippen LogP contribution is -2.24. The fourth-order valence-electron chi connectivity index (χ4n) is 1.80. The second-order valence-electron chi connectivity index (χ2n) is 3.65. The van der Waals surface area contributed by atoms with E-state index in [2.05, 4.69) is 0 Å². The van der Waals surface area contributed by atoms with E-state index in [1.807, 2.05) is 0 Å². The van der Waals surface area contributed by atoms with Crippen molar-refractivity contribution in [3.8, 4) is 11.5 Å². The Bertz CT molecular complexity index is 385. The standard InChI is InChI=1S/C10H11NO4/c12-8-1-6-3-11(5-10(14)15)4-7(6)2-9(8)13/h1-2,12-13H,3-5H2,(H,14,15). The Hall–Kier alpha value is -1.75. The van der Waals surface area contributed by atoms with E-state index in [1.54, 1.807) is 4.90 Å². The summed E-state index contributed by atoms with van der Waals surface area (Å²) in [5, 5.41) is 27.2. The molecule has 2 rings (SSSR count). The highest BCUT2D eigenvalue weighted by atomic mass is 16.4. The van der Waals surface area contributed by atoms with Crippen LogP contribution in [0.25, 0.3) is 0 Å². The van der Waals surface area contributed by atoms with Crippen molar-refractivity contribution in [2.45, 2.75) is 13.1 Å². The number of rotatable bonds is 2. The van der Waals surface area contributed by atoms with Crippen molar-refractivity contribution < 1.29 is 20.1 Å². The summed E-state index contributed by atoms with van der Waals surface area (Å²) in [6, 6.07) is 2.96. The molecule has 0 atom stereocenters. The summed E-state index contributed by atoms with van der Waals surface area (Å²) >= 11 is 0. The van der Waals surface area contributed by atoms with Crippen molar-refractivity contribution in [2.24, 2.45) is 0 Å². The number of carboxylic acid groups (broad SMARTS) is 1. The third kappa shape index (κ3) is 1.87. The molecule has 0 radical (unpaired) electrons. The first-order chi connectivity index (χ1) is 7.06. The molecule has 0 amide bonds. The van der Waals surface area contributed by atoms with Gasteiger partial charge in [-0.15, -0.1) is 0 Å². The first kappa shape index (κ1) is 9.79. The van der Waals surface area contributed by atoms with Crippen molar-refractivity contribution in [1.29, 1.82) is 0 Å². The number of phenolic OH excluding ortho intramolecular Hbond substituents is 2. The quantitative estimate of drug-likeness (QED) is 0.618. The Balaban J connectivity index is 2.20. The minimum absolute atomic E-state index is 0.0315. The molecule has 0 bridgehead atoms. The topological polar surface area (TPSA) is 81.0 Å². The molecule has 1 heterocycles. The van der Waals surface area contributed by atoms with Crippen LogP contribution in [0, 0.1) is 0 Å². The minimum Gasteiger partial charge on any atom is -0.504 e. The van der Waals surface area contributed by atoms with Gasteiger partial charge in [-0.1, -0.05) is 0 Å². The molecular formula is C10H11NO4. The molecule has 1 aliphatic heterocycles. The van der Waals surface area contributed by atoms with Gasteiger partial charge in [-0.25, -0.2) is 0 Å². The zero-order valence-corrected chi connectivity index (χ0v) is 7.97. The average Bonchev–Trinajstić information content (AvgIpc) is 2.46. The van der Waals surface area contributed by atoms with Gasteiger partial charge < -0.3 is 15.3 Å². The number of phenols is 2. The van der Waals surface area contributed by atoms with Gasteiger partial charge in [0.1, 0.15) is 0 Å². The Morgan fingerprint density at radius 1 is 1.20 bits per heavy atom. The van der Waals surface area contributed by atoms with Crippen LogP contribution in [0.2, 0.25) is 0 Å². The molecule has 0 saturated heterocycles. The second kappa shape index (κ2) is 3.43. The summed E-state index contributed by atoms with van der Waals surface area (Å²) in [5.74, 6) is -1.20. The number of aromatic hydroxyl groups is 2. The zero-order chi connectivity index (χ0) is 11.0. The summed E-state index contributed by atoms with van der Waals surface area (Å²) in [7, 11) is 0. The smallest absolute Gasteiger partial charge is 0.317 e. The Morgan fingerprint density at radius 3 is 2.07 bits per heavy atom. The normalized spacial score (nSPS) is 15.2. The fraction of sp³-hybridized carbons (Fsp3) is 0.300. The molecule has 1 aromatic rings. The molecule has 1 aliphatic rings. The number of hydrogen-bond acceptors (Lipinski definition) is 4.